The Kier molecular flexibility index (Phi) is 4.28. The summed E-state index contributed by atoms with van der Waals surface area (Å²) in [6, 6.07) is 16.4. The van der Waals surface area contributed by atoms with Crippen molar-refractivity contribution in [1.29, 1.82) is 0 Å². The number of aromatic hydroxyl groups is 1. The lowest BCUT2D eigenvalue weighted by atomic mass is 9.79. The van der Waals surface area contributed by atoms with Gasteiger partial charge in [-0.3, -0.25) is 14.6 Å². The Balaban J connectivity index is 1.60. The Morgan fingerprint density at radius 2 is 1.77 bits per heavy atom. The van der Waals surface area contributed by atoms with E-state index < -0.39 is 0 Å². The third-order valence-electron chi connectivity index (χ3n) is 5.44. The van der Waals surface area contributed by atoms with Gasteiger partial charge in [0.05, 0.1) is 5.39 Å². The molecule has 1 aliphatic carbocycles. The summed E-state index contributed by atoms with van der Waals surface area (Å²) in [7, 11) is 0. The molecule has 2 aromatic heterocycles. The molecule has 5 rings (SSSR count). The first-order valence-corrected chi connectivity index (χ1v) is 9.65. The van der Waals surface area contributed by atoms with Gasteiger partial charge in [0.2, 0.25) is 5.95 Å². The Morgan fingerprint density at radius 1 is 1.00 bits per heavy atom. The van der Waals surface area contributed by atoms with E-state index in [-0.39, 0.29) is 41.0 Å². The minimum Gasteiger partial charge on any atom is -0.508 e. The number of para-hydroxylation sites is 2. The van der Waals surface area contributed by atoms with Crippen molar-refractivity contribution in [2.45, 2.75) is 18.8 Å². The maximum atomic E-state index is 12.9. The molecule has 1 aliphatic rings. The predicted molar refractivity (Wildman–Crippen MR) is 113 cm³/mol. The molecule has 2 aromatic carbocycles. The van der Waals surface area contributed by atoms with Crippen LogP contribution in [0.15, 0.2) is 65.6 Å². The summed E-state index contributed by atoms with van der Waals surface area (Å²) in [5.74, 6) is 0.132. The van der Waals surface area contributed by atoms with Crippen molar-refractivity contribution < 1.29 is 9.90 Å². The number of hydrogen-bond donors (Lipinski definition) is 3. The number of benzene rings is 2. The number of pyridine rings is 1. The summed E-state index contributed by atoms with van der Waals surface area (Å²) in [6.45, 7) is 0. The Bertz CT molecular complexity index is 1330. The summed E-state index contributed by atoms with van der Waals surface area (Å²) in [5, 5.41) is 13.6. The van der Waals surface area contributed by atoms with Crippen molar-refractivity contribution in [2.24, 2.45) is 0 Å². The summed E-state index contributed by atoms with van der Waals surface area (Å²) < 4.78 is 0. The van der Waals surface area contributed by atoms with Crippen LogP contribution in [0.5, 0.6) is 5.75 Å². The molecule has 0 radical (unpaired) electrons. The number of phenolic OH excluding ortho intramolecular Hbond substituents is 1. The maximum absolute atomic E-state index is 12.9. The summed E-state index contributed by atoms with van der Waals surface area (Å²) in [6.07, 6.45) is 2.21. The molecule has 0 fully saturated rings. The number of phenols is 1. The van der Waals surface area contributed by atoms with E-state index in [1.54, 1.807) is 12.1 Å². The number of nitrogens with one attached hydrogen (secondary N) is 2. The fourth-order valence-corrected chi connectivity index (χ4v) is 4.04. The summed E-state index contributed by atoms with van der Waals surface area (Å²) in [4.78, 5) is 37.2. The molecule has 0 saturated carbocycles. The fraction of sp³-hybridized carbons (Fsp3) is 0.130. The molecule has 0 spiro atoms. The molecule has 2 heterocycles. The van der Waals surface area contributed by atoms with E-state index in [0.29, 0.717) is 28.5 Å². The van der Waals surface area contributed by atoms with Gasteiger partial charge in [-0.15, -0.1) is 0 Å². The monoisotopic (exact) mass is 398 g/mol. The van der Waals surface area contributed by atoms with Crippen LogP contribution in [0.2, 0.25) is 0 Å². The molecule has 0 amide bonds. The van der Waals surface area contributed by atoms with Crippen LogP contribution < -0.4 is 10.9 Å². The van der Waals surface area contributed by atoms with E-state index in [0.717, 1.165) is 5.69 Å². The number of carbonyl (C=O) groups excluding carboxylic acids is 1. The molecule has 0 aliphatic heterocycles. The van der Waals surface area contributed by atoms with Crippen molar-refractivity contribution in [3.05, 3.63) is 87.8 Å². The Hall–Kier alpha value is -4.00. The first-order chi connectivity index (χ1) is 14.6. The van der Waals surface area contributed by atoms with Gasteiger partial charge in [0.1, 0.15) is 5.75 Å². The van der Waals surface area contributed by atoms with Crippen LogP contribution in [0.3, 0.4) is 0 Å². The summed E-state index contributed by atoms with van der Waals surface area (Å²) in [5.41, 5.74) is 2.49. The van der Waals surface area contributed by atoms with Crippen molar-refractivity contribution >= 4 is 28.5 Å². The number of Topliss-reactive ketones (excluding diaryl/α,β-unsaturated/α-hetero) is 1. The van der Waals surface area contributed by atoms with E-state index >= 15 is 0 Å². The second-order valence-corrected chi connectivity index (χ2v) is 7.34. The fourth-order valence-electron chi connectivity index (χ4n) is 4.04. The highest BCUT2D eigenvalue weighted by atomic mass is 16.3. The molecule has 7 nitrogen and oxygen atoms in total. The van der Waals surface area contributed by atoms with Gasteiger partial charge >= 0.3 is 0 Å². The number of H-pyrrole nitrogens is 1. The van der Waals surface area contributed by atoms with Crippen LogP contribution in [0.25, 0.3) is 11.0 Å². The van der Waals surface area contributed by atoms with Gasteiger partial charge in [0.25, 0.3) is 5.56 Å². The molecule has 30 heavy (non-hydrogen) atoms. The summed E-state index contributed by atoms with van der Waals surface area (Å²) >= 11 is 0. The first-order valence-electron chi connectivity index (χ1n) is 9.65. The normalized spacial score (nSPS) is 15.7. The minimum atomic E-state index is -0.353. The van der Waals surface area contributed by atoms with Gasteiger partial charge < -0.3 is 10.4 Å². The van der Waals surface area contributed by atoms with Crippen LogP contribution in [0.4, 0.5) is 11.6 Å². The second kappa shape index (κ2) is 7.11. The Morgan fingerprint density at radius 3 is 2.57 bits per heavy atom. The number of carbonyl (C=O) groups is 1. The zero-order valence-corrected chi connectivity index (χ0v) is 15.9. The van der Waals surface area contributed by atoms with E-state index in [4.69, 9.17) is 0 Å². The van der Waals surface area contributed by atoms with Gasteiger partial charge in [-0.2, -0.15) is 4.98 Å². The van der Waals surface area contributed by atoms with E-state index in [1.807, 2.05) is 42.5 Å². The standard InChI is InChI=1S/C23H18N4O3/c28-18-9-5-4-8-15(18)13-10-16-17(19(29)11-13)12-24-21-20(16)22(30)27-23(26-21)25-14-6-2-1-3-7-14/h1-9,12-13,28H,10-11H2,(H2,24,25,26,27,30)/t13-/m0/s1. The van der Waals surface area contributed by atoms with Crippen molar-refractivity contribution in [3.8, 4) is 5.75 Å². The SMILES string of the molecule is O=C1C[C@@H](c2ccccc2O)Cc2c1cnc1nc(Nc3ccccc3)[nH]c(=O)c21. The van der Waals surface area contributed by atoms with Crippen LogP contribution in [0, 0.1) is 0 Å². The lowest BCUT2D eigenvalue weighted by Gasteiger charge is -2.25. The predicted octanol–water partition coefficient (Wildman–Crippen LogP) is 3.68. The molecular formula is C23H18N4O3. The number of nitrogens with zero attached hydrogens (tertiary/aromatic N) is 2. The lowest BCUT2D eigenvalue weighted by Crippen LogP contribution is -2.23. The van der Waals surface area contributed by atoms with E-state index in [2.05, 4.69) is 20.3 Å². The quantitative estimate of drug-likeness (QED) is 0.486. The van der Waals surface area contributed by atoms with E-state index in [9.17, 15) is 14.7 Å². The van der Waals surface area contributed by atoms with Crippen LogP contribution >= 0.6 is 0 Å². The number of fused-ring (bicyclic) bond motifs is 3. The highest BCUT2D eigenvalue weighted by Gasteiger charge is 2.30. The molecule has 0 saturated heterocycles. The van der Waals surface area contributed by atoms with Crippen LogP contribution in [-0.4, -0.2) is 25.8 Å². The number of anilines is 2. The number of ketones is 1. The largest absolute Gasteiger partial charge is 0.508 e. The average molecular weight is 398 g/mol. The van der Waals surface area contributed by atoms with Gasteiger partial charge in [-0.05, 0) is 41.7 Å². The van der Waals surface area contributed by atoms with Crippen LogP contribution in [0.1, 0.15) is 33.8 Å². The molecule has 4 aromatic rings. The number of aromatic nitrogens is 3. The van der Waals surface area contributed by atoms with Crippen LogP contribution in [-0.2, 0) is 6.42 Å². The van der Waals surface area contributed by atoms with Crippen molar-refractivity contribution in [1.82, 2.24) is 15.0 Å². The highest BCUT2D eigenvalue weighted by Crippen LogP contribution is 2.37. The zero-order valence-electron chi connectivity index (χ0n) is 15.9. The molecule has 0 unspecified atom stereocenters. The minimum absolute atomic E-state index is 0.0928. The second-order valence-electron chi connectivity index (χ2n) is 7.34. The molecule has 1 atom stereocenters. The van der Waals surface area contributed by atoms with Crippen molar-refractivity contribution in [3.63, 3.8) is 0 Å². The molecule has 0 bridgehead atoms. The lowest BCUT2D eigenvalue weighted by molar-refractivity contribution is 0.0964. The highest BCUT2D eigenvalue weighted by molar-refractivity contribution is 6.02. The molecule has 3 N–H and O–H groups in total. The third-order valence-corrected chi connectivity index (χ3v) is 5.44. The molecule has 148 valence electrons. The average Bonchev–Trinajstić information content (AvgIpc) is 2.74. The smallest absolute Gasteiger partial charge is 0.262 e. The van der Waals surface area contributed by atoms with Crippen molar-refractivity contribution in [2.75, 3.05) is 5.32 Å². The van der Waals surface area contributed by atoms with Gasteiger partial charge in [0, 0.05) is 23.9 Å². The van der Waals surface area contributed by atoms with Gasteiger partial charge in [-0.1, -0.05) is 36.4 Å². The number of rotatable bonds is 3. The third kappa shape index (κ3) is 3.10. The Labute approximate surface area is 171 Å². The topological polar surface area (TPSA) is 108 Å². The van der Waals surface area contributed by atoms with Gasteiger partial charge in [0.15, 0.2) is 11.4 Å². The number of hydrogen-bond acceptors (Lipinski definition) is 6. The maximum Gasteiger partial charge on any atom is 0.262 e. The molecular weight excluding hydrogens is 380 g/mol. The van der Waals surface area contributed by atoms with Gasteiger partial charge in [-0.25, -0.2) is 4.98 Å². The molecule has 7 heteroatoms. The first kappa shape index (κ1) is 18.1. The zero-order chi connectivity index (χ0) is 20.7. The van der Waals surface area contributed by atoms with E-state index in [1.165, 1.54) is 6.20 Å². The number of aromatic amines is 1.